The molecule has 0 aromatic rings. The molecule has 2 rings (SSSR count). The molecule has 4 heteroatoms. The van der Waals surface area contributed by atoms with Gasteiger partial charge in [0.25, 0.3) is 0 Å². The summed E-state index contributed by atoms with van der Waals surface area (Å²) in [6.45, 7) is 0. The lowest BCUT2D eigenvalue weighted by Gasteiger charge is -2.29. The number of nitriles is 2. The maximum absolute atomic E-state index is 9.21. The molecule has 0 heterocycles. The van der Waals surface area contributed by atoms with Crippen LogP contribution in [0.25, 0.3) is 0 Å². The van der Waals surface area contributed by atoms with E-state index < -0.39 is 11.1 Å². The lowest BCUT2D eigenvalue weighted by molar-refractivity contribution is 0.278. The molecule has 0 aliphatic heterocycles. The average molecular weight is 218 g/mol. The van der Waals surface area contributed by atoms with Crippen molar-refractivity contribution in [1.82, 2.24) is 10.9 Å². The quantitative estimate of drug-likeness (QED) is 0.708. The van der Waals surface area contributed by atoms with Crippen LogP contribution in [0.5, 0.6) is 0 Å². The second-order valence-electron chi connectivity index (χ2n) is 5.05. The van der Waals surface area contributed by atoms with E-state index in [0.717, 1.165) is 51.4 Å². The van der Waals surface area contributed by atoms with Gasteiger partial charge >= 0.3 is 0 Å². The Morgan fingerprint density at radius 1 is 0.688 bits per heavy atom. The van der Waals surface area contributed by atoms with Gasteiger partial charge in [0.05, 0.1) is 12.1 Å². The van der Waals surface area contributed by atoms with Crippen LogP contribution in [0.2, 0.25) is 0 Å². The van der Waals surface area contributed by atoms with Gasteiger partial charge in [-0.15, -0.1) is 0 Å². The van der Waals surface area contributed by atoms with Crippen molar-refractivity contribution in [1.29, 1.82) is 10.5 Å². The van der Waals surface area contributed by atoms with Crippen LogP contribution in [-0.4, -0.2) is 11.1 Å². The van der Waals surface area contributed by atoms with E-state index in [-0.39, 0.29) is 0 Å². The molecule has 0 bridgehead atoms. The molecule has 0 aromatic carbocycles. The van der Waals surface area contributed by atoms with Gasteiger partial charge in [0.2, 0.25) is 0 Å². The molecule has 16 heavy (non-hydrogen) atoms. The van der Waals surface area contributed by atoms with Gasteiger partial charge in [-0.05, 0) is 25.7 Å². The molecular weight excluding hydrogens is 200 g/mol. The van der Waals surface area contributed by atoms with E-state index in [1.807, 2.05) is 0 Å². The highest BCUT2D eigenvalue weighted by molar-refractivity contribution is 5.13. The molecule has 86 valence electrons. The number of hydrogen-bond donors (Lipinski definition) is 2. The van der Waals surface area contributed by atoms with Crippen molar-refractivity contribution < 1.29 is 0 Å². The predicted octanol–water partition coefficient (Wildman–Crippen LogP) is 1.75. The molecule has 0 spiro atoms. The van der Waals surface area contributed by atoms with Gasteiger partial charge in [0.15, 0.2) is 0 Å². The molecule has 0 saturated heterocycles. The first-order chi connectivity index (χ1) is 7.74. The minimum Gasteiger partial charge on any atom is -0.236 e. The van der Waals surface area contributed by atoms with Crippen molar-refractivity contribution >= 4 is 0 Å². The third kappa shape index (κ3) is 2.04. The van der Waals surface area contributed by atoms with Gasteiger partial charge < -0.3 is 0 Å². The Bertz CT molecular complexity index is 290. The molecular formula is C12H18N4. The monoisotopic (exact) mass is 218 g/mol. The third-order valence-electron chi connectivity index (χ3n) is 3.88. The van der Waals surface area contributed by atoms with Crippen molar-refractivity contribution in [2.75, 3.05) is 0 Å². The Morgan fingerprint density at radius 2 is 1.00 bits per heavy atom. The first kappa shape index (κ1) is 11.4. The Morgan fingerprint density at radius 3 is 1.25 bits per heavy atom. The minimum absolute atomic E-state index is 0.438. The first-order valence-electron chi connectivity index (χ1n) is 6.11. The molecule has 2 N–H and O–H groups in total. The summed E-state index contributed by atoms with van der Waals surface area (Å²) in [6.07, 6.45) is 7.94. The maximum Gasteiger partial charge on any atom is 0.119 e. The highest BCUT2D eigenvalue weighted by Gasteiger charge is 2.39. The van der Waals surface area contributed by atoms with Crippen LogP contribution in [-0.2, 0) is 0 Å². The fraction of sp³-hybridized carbons (Fsp3) is 0.833. The summed E-state index contributed by atoms with van der Waals surface area (Å²) in [5, 5.41) is 18.4. The zero-order valence-corrected chi connectivity index (χ0v) is 9.55. The minimum atomic E-state index is -0.438. The Labute approximate surface area is 96.6 Å². The van der Waals surface area contributed by atoms with Crippen molar-refractivity contribution in [3.8, 4) is 12.1 Å². The number of rotatable bonds is 3. The normalized spacial score (nSPS) is 26.1. The lowest BCUT2D eigenvalue weighted by Crippen LogP contribution is -2.58. The number of hydrazine groups is 1. The predicted molar refractivity (Wildman–Crippen MR) is 59.9 cm³/mol. The van der Waals surface area contributed by atoms with Gasteiger partial charge in [0.1, 0.15) is 11.1 Å². The number of nitrogens with one attached hydrogen (secondary N) is 2. The first-order valence-corrected chi connectivity index (χ1v) is 6.11. The second kappa shape index (κ2) is 4.41. The van der Waals surface area contributed by atoms with E-state index in [4.69, 9.17) is 0 Å². The van der Waals surface area contributed by atoms with Crippen LogP contribution in [0.15, 0.2) is 0 Å². The summed E-state index contributed by atoms with van der Waals surface area (Å²) in [7, 11) is 0. The van der Waals surface area contributed by atoms with Crippen molar-refractivity contribution in [2.45, 2.75) is 62.4 Å². The SMILES string of the molecule is N#CC1(NNC2(C#N)CCCC2)CCCC1. The van der Waals surface area contributed by atoms with E-state index in [0.29, 0.717) is 0 Å². The van der Waals surface area contributed by atoms with Crippen molar-refractivity contribution in [3.63, 3.8) is 0 Å². The summed E-state index contributed by atoms with van der Waals surface area (Å²) in [4.78, 5) is 0. The molecule has 0 amide bonds. The van der Waals surface area contributed by atoms with Gasteiger partial charge in [0, 0.05) is 0 Å². The average Bonchev–Trinajstić information content (AvgIpc) is 2.97. The fourth-order valence-electron chi connectivity index (χ4n) is 2.73. The standard InChI is InChI=1S/C12H18N4/c13-9-11(5-1-2-6-11)15-16-12(10-14)7-3-4-8-12/h15-16H,1-8H2. The summed E-state index contributed by atoms with van der Waals surface area (Å²) >= 11 is 0. The molecule has 2 fully saturated rings. The highest BCUT2D eigenvalue weighted by atomic mass is 15.4. The number of hydrogen-bond acceptors (Lipinski definition) is 4. The molecule has 2 aliphatic carbocycles. The van der Waals surface area contributed by atoms with Crippen LogP contribution in [0, 0.1) is 22.7 Å². The van der Waals surface area contributed by atoms with E-state index in [1.54, 1.807) is 0 Å². The van der Waals surface area contributed by atoms with Gasteiger partial charge in [-0.2, -0.15) is 10.5 Å². The zero-order chi connectivity index (χ0) is 11.5. The number of nitrogens with zero attached hydrogens (tertiary/aromatic N) is 2. The Kier molecular flexibility index (Phi) is 3.14. The van der Waals surface area contributed by atoms with Crippen molar-refractivity contribution in [3.05, 3.63) is 0 Å². The van der Waals surface area contributed by atoms with Crippen molar-refractivity contribution in [2.24, 2.45) is 0 Å². The largest absolute Gasteiger partial charge is 0.236 e. The molecule has 0 aromatic heterocycles. The summed E-state index contributed by atoms with van der Waals surface area (Å²) in [5.74, 6) is 0. The maximum atomic E-state index is 9.21. The molecule has 2 aliphatic rings. The van der Waals surface area contributed by atoms with Gasteiger partial charge in [-0.1, -0.05) is 25.7 Å². The zero-order valence-electron chi connectivity index (χ0n) is 9.55. The Balaban J connectivity index is 1.96. The smallest absolute Gasteiger partial charge is 0.119 e. The van der Waals surface area contributed by atoms with Crippen LogP contribution in [0.3, 0.4) is 0 Å². The van der Waals surface area contributed by atoms with E-state index >= 15 is 0 Å². The van der Waals surface area contributed by atoms with Crippen LogP contribution in [0.1, 0.15) is 51.4 Å². The Hall–Kier alpha value is -1.10. The lowest BCUT2D eigenvalue weighted by atomic mass is 9.99. The molecule has 0 atom stereocenters. The van der Waals surface area contributed by atoms with Crippen LogP contribution in [0.4, 0.5) is 0 Å². The second-order valence-corrected chi connectivity index (χ2v) is 5.05. The summed E-state index contributed by atoms with van der Waals surface area (Å²) in [6, 6.07) is 4.72. The molecule has 2 saturated carbocycles. The van der Waals surface area contributed by atoms with Crippen LogP contribution >= 0.6 is 0 Å². The van der Waals surface area contributed by atoms with E-state index in [1.165, 1.54) is 0 Å². The fourth-order valence-corrected chi connectivity index (χ4v) is 2.73. The highest BCUT2D eigenvalue weighted by Crippen LogP contribution is 2.31. The van der Waals surface area contributed by atoms with E-state index in [9.17, 15) is 10.5 Å². The molecule has 0 radical (unpaired) electrons. The molecule has 4 nitrogen and oxygen atoms in total. The summed E-state index contributed by atoms with van der Waals surface area (Å²) in [5.41, 5.74) is 5.41. The molecule has 0 unspecified atom stereocenters. The summed E-state index contributed by atoms with van der Waals surface area (Å²) < 4.78 is 0. The van der Waals surface area contributed by atoms with Crippen LogP contribution < -0.4 is 10.9 Å². The topological polar surface area (TPSA) is 71.6 Å². The third-order valence-corrected chi connectivity index (χ3v) is 3.88. The van der Waals surface area contributed by atoms with Gasteiger partial charge in [-0.25, -0.2) is 10.9 Å². The van der Waals surface area contributed by atoms with E-state index in [2.05, 4.69) is 23.0 Å². The van der Waals surface area contributed by atoms with Gasteiger partial charge in [-0.3, -0.25) is 0 Å².